The molecule has 106 valence electrons. The molecule has 0 unspecified atom stereocenters. The highest BCUT2D eigenvalue weighted by atomic mass is 16.1. The SMILES string of the molecule is C=CCC(CC=C)=C(C)C(N)=O.C=CCNCC=C. The van der Waals surface area contributed by atoms with Gasteiger partial charge in [-0.05, 0) is 19.8 Å². The Morgan fingerprint density at radius 1 is 1.00 bits per heavy atom. The summed E-state index contributed by atoms with van der Waals surface area (Å²) >= 11 is 0. The topological polar surface area (TPSA) is 55.1 Å². The number of carbonyl (C=O) groups is 1. The summed E-state index contributed by atoms with van der Waals surface area (Å²) in [6.45, 7) is 17.7. The Hall–Kier alpha value is -1.87. The summed E-state index contributed by atoms with van der Waals surface area (Å²) in [5, 5.41) is 3.05. The number of hydrogen-bond acceptors (Lipinski definition) is 2. The maximum absolute atomic E-state index is 10.8. The average molecular weight is 262 g/mol. The molecule has 1 amide bonds. The second-order valence-corrected chi connectivity index (χ2v) is 3.81. The van der Waals surface area contributed by atoms with Crippen LogP contribution in [-0.4, -0.2) is 19.0 Å². The van der Waals surface area contributed by atoms with E-state index in [1.54, 1.807) is 19.1 Å². The first kappa shape index (κ1) is 19.5. The molecule has 0 rings (SSSR count). The van der Waals surface area contributed by atoms with Crippen LogP contribution in [0.2, 0.25) is 0 Å². The zero-order valence-corrected chi connectivity index (χ0v) is 12.0. The third kappa shape index (κ3) is 12.4. The quantitative estimate of drug-likeness (QED) is 0.381. The predicted molar refractivity (Wildman–Crippen MR) is 84.8 cm³/mol. The van der Waals surface area contributed by atoms with Gasteiger partial charge in [-0.1, -0.05) is 29.9 Å². The molecular formula is C16H26N2O. The number of nitrogens with two attached hydrogens (primary N) is 1. The van der Waals surface area contributed by atoms with Gasteiger partial charge < -0.3 is 11.1 Å². The molecule has 0 spiro atoms. The van der Waals surface area contributed by atoms with Crippen molar-refractivity contribution in [3.8, 4) is 0 Å². The number of primary amides is 1. The highest BCUT2D eigenvalue weighted by Gasteiger charge is 2.03. The van der Waals surface area contributed by atoms with E-state index in [1.165, 1.54) is 0 Å². The van der Waals surface area contributed by atoms with Gasteiger partial charge in [-0.15, -0.1) is 26.3 Å². The highest BCUT2D eigenvalue weighted by molar-refractivity contribution is 5.92. The van der Waals surface area contributed by atoms with Crippen LogP contribution >= 0.6 is 0 Å². The van der Waals surface area contributed by atoms with Gasteiger partial charge >= 0.3 is 0 Å². The van der Waals surface area contributed by atoms with Gasteiger partial charge in [-0.3, -0.25) is 4.79 Å². The largest absolute Gasteiger partial charge is 0.366 e. The minimum atomic E-state index is -0.367. The van der Waals surface area contributed by atoms with Gasteiger partial charge in [0.1, 0.15) is 0 Å². The van der Waals surface area contributed by atoms with E-state index in [2.05, 4.69) is 31.6 Å². The lowest BCUT2D eigenvalue weighted by Gasteiger charge is -2.04. The maximum Gasteiger partial charge on any atom is 0.244 e. The molecule has 0 aromatic heterocycles. The smallest absolute Gasteiger partial charge is 0.244 e. The molecular weight excluding hydrogens is 236 g/mol. The van der Waals surface area contributed by atoms with E-state index < -0.39 is 0 Å². The van der Waals surface area contributed by atoms with Gasteiger partial charge in [0, 0.05) is 18.7 Å². The van der Waals surface area contributed by atoms with E-state index in [-0.39, 0.29) is 5.91 Å². The molecule has 19 heavy (non-hydrogen) atoms. The first-order valence-electron chi connectivity index (χ1n) is 6.17. The second-order valence-electron chi connectivity index (χ2n) is 3.81. The molecule has 0 radical (unpaired) electrons. The molecule has 0 aromatic carbocycles. The number of allylic oxidation sites excluding steroid dienone is 3. The van der Waals surface area contributed by atoms with Gasteiger partial charge in [0.2, 0.25) is 5.91 Å². The minimum absolute atomic E-state index is 0.367. The van der Waals surface area contributed by atoms with Gasteiger partial charge in [-0.2, -0.15) is 0 Å². The second kappa shape index (κ2) is 14.2. The van der Waals surface area contributed by atoms with Crippen molar-refractivity contribution in [2.75, 3.05) is 13.1 Å². The van der Waals surface area contributed by atoms with Crippen LogP contribution in [0, 0.1) is 0 Å². The first-order chi connectivity index (χ1) is 9.04. The fraction of sp³-hybridized carbons (Fsp3) is 0.312. The molecule has 0 atom stereocenters. The summed E-state index contributed by atoms with van der Waals surface area (Å²) in [5.41, 5.74) is 6.75. The van der Waals surface area contributed by atoms with Crippen LogP contribution < -0.4 is 11.1 Å². The summed E-state index contributed by atoms with van der Waals surface area (Å²) in [5.74, 6) is -0.367. The van der Waals surface area contributed by atoms with Crippen LogP contribution in [0.25, 0.3) is 0 Å². The van der Waals surface area contributed by atoms with Gasteiger partial charge in [0.15, 0.2) is 0 Å². The van der Waals surface area contributed by atoms with Gasteiger partial charge in [0.05, 0.1) is 0 Å². The molecule has 3 N–H and O–H groups in total. The molecule has 3 heteroatoms. The van der Waals surface area contributed by atoms with Crippen molar-refractivity contribution in [2.45, 2.75) is 19.8 Å². The first-order valence-corrected chi connectivity index (χ1v) is 6.17. The Balaban J connectivity index is 0. The summed E-state index contributed by atoms with van der Waals surface area (Å²) in [7, 11) is 0. The van der Waals surface area contributed by atoms with Crippen molar-refractivity contribution in [1.29, 1.82) is 0 Å². The van der Waals surface area contributed by atoms with Crippen LogP contribution in [0.5, 0.6) is 0 Å². The van der Waals surface area contributed by atoms with Crippen molar-refractivity contribution < 1.29 is 4.79 Å². The summed E-state index contributed by atoms with van der Waals surface area (Å²) in [6, 6.07) is 0. The number of hydrogen-bond donors (Lipinski definition) is 2. The zero-order valence-electron chi connectivity index (χ0n) is 12.0. The maximum atomic E-state index is 10.8. The predicted octanol–water partition coefficient (Wildman–Crippen LogP) is 2.89. The third-order valence-corrected chi connectivity index (χ3v) is 2.26. The Bertz CT molecular complexity index is 321. The summed E-state index contributed by atoms with van der Waals surface area (Å²) in [4.78, 5) is 10.8. The minimum Gasteiger partial charge on any atom is -0.366 e. The summed E-state index contributed by atoms with van der Waals surface area (Å²) < 4.78 is 0. The number of rotatable bonds is 9. The van der Waals surface area contributed by atoms with E-state index in [9.17, 15) is 4.79 Å². The van der Waals surface area contributed by atoms with E-state index >= 15 is 0 Å². The molecule has 3 nitrogen and oxygen atoms in total. The average Bonchev–Trinajstić information content (AvgIpc) is 2.39. The normalized spacial score (nSPS) is 8.47. The van der Waals surface area contributed by atoms with Crippen LogP contribution in [-0.2, 0) is 4.79 Å². The molecule has 0 aliphatic heterocycles. The molecule has 0 heterocycles. The van der Waals surface area contributed by atoms with Gasteiger partial charge in [0.25, 0.3) is 0 Å². The third-order valence-electron chi connectivity index (χ3n) is 2.26. The van der Waals surface area contributed by atoms with Crippen molar-refractivity contribution in [3.63, 3.8) is 0 Å². The molecule has 0 aliphatic rings. The Morgan fingerprint density at radius 3 is 1.68 bits per heavy atom. The molecule has 0 fully saturated rings. The van der Waals surface area contributed by atoms with Crippen molar-refractivity contribution in [3.05, 3.63) is 61.8 Å². The Labute approximate surface area is 117 Å². The Morgan fingerprint density at radius 2 is 1.42 bits per heavy atom. The fourth-order valence-electron chi connectivity index (χ4n) is 1.20. The van der Waals surface area contributed by atoms with E-state index in [0.717, 1.165) is 18.7 Å². The number of carbonyl (C=O) groups excluding carboxylic acids is 1. The summed E-state index contributed by atoms with van der Waals surface area (Å²) in [6.07, 6.45) is 8.55. The van der Waals surface area contributed by atoms with Crippen LogP contribution in [0.1, 0.15) is 19.8 Å². The van der Waals surface area contributed by atoms with Crippen LogP contribution in [0.4, 0.5) is 0 Å². The highest BCUT2D eigenvalue weighted by Crippen LogP contribution is 2.13. The van der Waals surface area contributed by atoms with E-state index in [0.29, 0.717) is 18.4 Å². The molecule has 0 saturated heterocycles. The number of nitrogens with one attached hydrogen (secondary N) is 1. The van der Waals surface area contributed by atoms with Crippen LogP contribution in [0.3, 0.4) is 0 Å². The fourth-order valence-corrected chi connectivity index (χ4v) is 1.20. The lowest BCUT2D eigenvalue weighted by atomic mass is 10.0. The Kier molecular flexibility index (Phi) is 14.5. The van der Waals surface area contributed by atoms with Crippen molar-refractivity contribution in [2.24, 2.45) is 5.73 Å². The lowest BCUT2D eigenvalue weighted by molar-refractivity contribution is -0.114. The monoisotopic (exact) mass is 262 g/mol. The van der Waals surface area contributed by atoms with E-state index in [4.69, 9.17) is 5.73 Å². The number of amides is 1. The van der Waals surface area contributed by atoms with Gasteiger partial charge in [-0.25, -0.2) is 0 Å². The van der Waals surface area contributed by atoms with E-state index in [1.807, 2.05) is 12.2 Å². The standard InChI is InChI=1S/C10H15NO.C6H11N/c1-4-6-9(7-5-2)8(3)10(11)12;1-3-5-7-6-4-2/h4-5H,1-2,6-7H2,3H3,(H2,11,12);3-4,7H,1-2,5-6H2. The van der Waals surface area contributed by atoms with Crippen molar-refractivity contribution >= 4 is 5.91 Å². The lowest BCUT2D eigenvalue weighted by Crippen LogP contribution is -2.13. The molecule has 0 aliphatic carbocycles. The zero-order chi connectivity index (χ0) is 15.1. The van der Waals surface area contributed by atoms with Crippen LogP contribution in [0.15, 0.2) is 61.8 Å². The molecule has 0 bridgehead atoms. The van der Waals surface area contributed by atoms with Crippen molar-refractivity contribution in [1.82, 2.24) is 5.32 Å². The molecule has 0 saturated carbocycles. The molecule has 0 aromatic rings.